The minimum Gasteiger partial charge on any atom is -0.289 e. The monoisotopic (exact) mass is 140 g/mol. The van der Waals surface area contributed by atoms with Gasteiger partial charge in [-0.3, -0.25) is 14.9 Å². The highest BCUT2D eigenvalue weighted by Gasteiger charge is 2.06. The Labute approximate surface area is 55.9 Å². The molecule has 0 aromatic carbocycles. The summed E-state index contributed by atoms with van der Waals surface area (Å²) in [5, 5.41) is 2.03. The zero-order valence-electron chi connectivity index (χ0n) is 4.87. The summed E-state index contributed by atoms with van der Waals surface area (Å²) in [6, 6.07) is 0. The van der Waals surface area contributed by atoms with Gasteiger partial charge < -0.3 is 0 Å². The molecule has 1 rings (SSSR count). The van der Waals surface area contributed by atoms with Crippen molar-refractivity contribution in [3.8, 4) is 0 Å². The van der Waals surface area contributed by atoms with Crippen molar-refractivity contribution < 1.29 is 9.59 Å². The summed E-state index contributed by atoms with van der Waals surface area (Å²) in [4.78, 5) is 21.8. The third-order valence-electron chi connectivity index (χ3n) is 0.632. The lowest BCUT2D eigenvalue weighted by molar-refractivity contribution is -0.123. The SMILES string of the molecule is O=C1C=CC(=O)N1.[N-]=[N+]=N. The maximum absolute atomic E-state index is 10.0. The van der Waals surface area contributed by atoms with E-state index in [1.54, 1.807) is 4.91 Å². The van der Waals surface area contributed by atoms with Crippen LogP contribution in [-0.2, 0) is 9.59 Å². The summed E-state index contributed by atoms with van der Waals surface area (Å²) in [6.07, 6.45) is 2.39. The number of nitrogens with zero attached hydrogens (tertiary/aromatic N) is 2. The van der Waals surface area contributed by atoms with E-state index in [4.69, 9.17) is 11.1 Å². The molecule has 0 atom stereocenters. The number of carbonyl (C=O) groups is 2. The van der Waals surface area contributed by atoms with Gasteiger partial charge in [-0.25, -0.2) is 0 Å². The Morgan fingerprint density at radius 1 is 1.40 bits per heavy atom. The first kappa shape index (κ1) is 8.19. The van der Waals surface area contributed by atoms with Crippen molar-refractivity contribution in [2.24, 2.45) is 0 Å². The van der Waals surface area contributed by atoms with Crippen molar-refractivity contribution in [1.82, 2.24) is 5.32 Å². The number of hydrogen-bond acceptors (Lipinski definition) is 3. The van der Waals surface area contributed by atoms with Crippen LogP contribution in [0.4, 0.5) is 0 Å². The van der Waals surface area contributed by atoms with Gasteiger partial charge in [-0.1, -0.05) is 0 Å². The Morgan fingerprint density at radius 2 is 1.70 bits per heavy atom. The molecule has 1 heterocycles. The average Bonchev–Trinajstić information content (AvgIpc) is 2.17. The molecular weight excluding hydrogens is 136 g/mol. The molecule has 1 aliphatic heterocycles. The van der Waals surface area contributed by atoms with Crippen molar-refractivity contribution in [2.45, 2.75) is 0 Å². The van der Waals surface area contributed by atoms with Crippen molar-refractivity contribution in [3.63, 3.8) is 0 Å². The number of nitrogens with one attached hydrogen (secondary N) is 2. The van der Waals surface area contributed by atoms with Gasteiger partial charge in [0.1, 0.15) is 0 Å². The van der Waals surface area contributed by atoms with E-state index in [0.717, 1.165) is 0 Å². The van der Waals surface area contributed by atoms with Crippen molar-refractivity contribution in [3.05, 3.63) is 22.6 Å². The first-order valence-electron chi connectivity index (χ1n) is 2.24. The van der Waals surface area contributed by atoms with Gasteiger partial charge in [0.05, 0.1) is 0 Å². The quantitative estimate of drug-likeness (QED) is 0.215. The molecule has 0 spiro atoms. The minimum atomic E-state index is -0.329. The van der Waals surface area contributed by atoms with Gasteiger partial charge in [-0.15, -0.1) is 5.53 Å². The zero-order valence-corrected chi connectivity index (χ0v) is 4.87. The predicted octanol–water partition coefficient (Wildman–Crippen LogP) is 0.0745. The van der Waals surface area contributed by atoms with Gasteiger partial charge in [-0.05, 0) is 10.4 Å². The minimum absolute atomic E-state index is 0.329. The molecular formula is C4H4N4O2. The zero-order chi connectivity index (χ0) is 7.98. The first-order valence-corrected chi connectivity index (χ1v) is 2.24. The largest absolute Gasteiger partial charge is 0.289 e. The van der Waals surface area contributed by atoms with E-state index in [2.05, 4.69) is 0 Å². The number of hydrogen-bond donors (Lipinski definition) is 2. The van der Waals surface area contributed by atoms with Crippen LogP contribution < -0.4 is 5.32 Å². The second-order valence-electron chi connectivity index (χ2n) is 1.29. The van der Waals surface area contributed by atoms with Crippen LogP contribution in [0, 0.1) is 5.53 Å². The second-order valence-corrected chi connectivity index (χ2v) is 1.29. The van der Waals surface area contributed by atoms with E-state index in [1.807, 2.05) is 5.32 Å². The average molecular weight is 140 g/mol. The van der Waals surface area contributed by atoms with Crippen LogP contribution in [0.1, 0.15) is 0 Å². The Morgan fingerprint density at radius 3 is 1.80 bits per heavy atom. The fourth-order valence-corrected chi connectivity index (χ4v) is 0.356. The lowest BCUT2D eigenvalue weighted by Crippen LogP contribution is -2.19. The Kier molecular flexibility index (Phi) is 3.36. The molecule has 1 aliphatic rings. The molecule has 0 fully saturated rings. The van der Waals surface area contributed by atoms with Gasteiger partial charge in [0.2, 0.25) is 0 Å². The summed E-state index contributed by atoms with van der Waals surface area (Å²) in [5.74, 6) is -0.657. The number of rotatable bonds is 0. The van der Waals surface area contributed by atoms with Gasteiger partial charge in [0.25, 0.3) is 11.8 Å². The topological polar surface area (TPSA) is 106 Å². The maximum atomic E-state index is 10.0. The van der Waals surface area contributed by atoms with E-state index in [-0.39, 0.29) is 11.8 Å². The van der Waals surface area contributed by atoms with Gasteiger partial charge in [-0.2, -0.15) is 0 Å². The highest BCUT2D eigenvalue weighted by Crippen LogP contribution is 1.82. The molecule has 2 N–H and O–H groups in total. The van der Waals surface area contributed by atoms with E-state index in [9.17, 15) is 9.59 Å². The molecule has 6 heteroatoms. The van der Waals surface area contributed by atoms with Crippen LogP contribution in [0.15, 0.2) is 12.2 Å². The molecule has 6 nitrogen and oxygen atoms in total. The van der Waals surface area contributed by atoms with E-state index < -0.39 is 0 Å². The normalized spacial score (nSPS) is 13.2. The van der Waals surface area contributed by atoms with Gasteiger partial charge in [0.15, 0.2) is 0 Å². The number of carbonyl (C=O) groups excluding carboxylic acids is 2. The second kappa shape index (κ2) is 4.11. The Bertz CT molecular complexity index is 197. The molecule has 0 saturated carbocycles. The molecule has 0 saturated heterocycles. The molecule has 0 unspecified atom stereocenters. The van der Waals surface area contributed by atoms with Crippen molar-refractivity contribution >= 4 is 11.8 Å². The molecule has 0 aliphatic carbocycles. The molecule has 0 aromatic heterocycles. The van der Waals surface area contributed by atoms with Crippen LogP contribution in [0.5, 0.6) is 0 Å². The number of amides is 2. The first-order chi connectivity index (χ1) is 4.70. The molecule has 0 bridgehead atoms. The summed E-state index contributed by atoms with van der Waals surface area (Å²) < 4.78 is 0. The fraction of sp³-hybridized carbons (Fsp3) is 0. The van der Waals surface area contributed by atoms with Crippen molar-refractivity contribution in [2.75, 3.05) is 0 Å². The lowest BCUT2D eigenvalue weighted by atomic mass is 10.6. The Hall–Kier alpha value is -1.81. The van der Waals surface area contributed by atoms with E-state index in [1.165, 1.54) is 12.2 Å². The molecule has 2 amide bonds. The highest BCUT2D eigenvalue weighted by atomic mass is 16.2. The Balaban J connectivity index is 0.000000236. The van der Waals surface area contributed by atoms with Crippen LogP contribution in [0.2, 0.25) is 0 Å². The smallest absolute Gasteiger partial charge is 0.250 e. The summed E-state index contributed by atoms with van der Waals surface area (Å²) in [5.41, 5.74) is 12.2. The standard InChI is InChI=1S/C4H3NO2.HN3/c6-3-1-2-4(7)5-3;1-3-2/h1-2H,(H,5,6,7);1H. The van der Waals surface area contributed by atoms with E-state index >= 15 is 0 Å². The van der Waals surface area contributed by atoms with Crippen LogP contribution in [0.3, 0.4) is 0 Å². The third-order valence-corrected chi connectivity index (χ3v) is 0.632. The molecule has 0 aromatic rings. The van der Waals surface area contributed by atoms with Crippen LogP contribution in [0.25, 0.3) is 10.4 Å². The molecule has 0 radical (unpaired) electrons. The summed E-state index contributed by atoms with van der Waals surface area (Å²) in [6.45, 7) is 0. The van der Waals surface area contributed by atoms with E-state index in [0.29, 0.717) is 0 Å². The summed E-state index contributed by atoms with van der Waals surface area (Å²) >= 11 is 0. The number of imide groups is 1. The van der Waals surface area contributed by atoms with Gasteiger partial charge in [0, 0.05) is 12.2 Å². The summed E-state index contributed by atoms with van der Waals surface area (Å²) in [7, 11) is 0. The highest BCUT2D eigenvalue weighted by molar-refractivity contribution is 6.12. The third kappa shape index (κ3) is 3.23. The van der Waals surface area contributed by atoms with Crippen molar-refractivity contribution in [1.29, 1.82) is 5.53 Å². The fourth-order valence-electron chi connectivity index (χ4n) is 0.356. The lowest BCUT2D eigenvalue weighted by Gasteiger charge is -1.80. The maximum Gasteiger partial charge on any atom is 0.250 e. The van der Waals surface area contributed by atoms with Crippen LogP contribution >= 0.6 is 0 Å². The molecule has 10 heavy (non-hydrogen) atoms. The van der Waals surface area contributed by atoms with Crippen LogP contribution in [-0.4, -0.2) is 11.8 Å². The van der Waals surface area contributed by atoms with Gasteiger partial charge >= 0.3 is 0 Å². The predicted molar refractivity (Wildman–Crippen MR) is 31.7 cm³/mol. The molecule has 52 valence electrons.